The number of hydrogen-bond donors (Lipinski definition) is 9. The van der Waals surface area contributed by atoms with Crippen molar-refractivity contribution in [3.05, 3.63) is 0 Å². The van der Waals surface area contributed by atoms with Gasteiger partial charge in [0.25, 0.3) is 0 Å². The Balaban J connectivity index is -0.000000701. The van der Waals surface area contributed by atoms with Gasteiger partial charge >= 0.3 is 31.6 Å². The summed E-state index contributed by atoms with van der Waals surface area (Å²) in [6.07, 6.45) is -5.41. The van der Waals surface area contributed by atoms with Crippen molar-refractivity contribution < 1.29 is 76.5 Å². The van der Waals surface area contributed by atoms with Gasteiger partial charge in [0, 0.05) is 21.9 Å². The molecule has 5 atom stereocenters. The molecule has 10 N–H and O–H groups in total. The fourth-order valence-electron chi connectivity index (χ4n) is 1.63. The molecule has 0 aliphatic carbocycles. The van der Waals surface area contributed by atoms with E-state index in [2.05, 4.69) is 43.7 Å². The Morgan fingerprint density at radius 2 is 1.62 bits per heavy atom. The fourth-order valence-corrected chi connectivity index (χ4v) is 3.65. The fraction of sp³-hybridized carbons (Fsp3) is 0.833. The van der Waals surface area contributed by atoms with Crippen molar-refractivity contribution in [1.82, 2.24) is 10.6 Å². The molecule has 2 unspecified atom stereocenters. The summed E-state index contributed by atoms with van der Waals surface area (Å²) in [7, 11) is 2.68. The van der Waals surface area contributed by atoms with Crippen LogP contribution in [0.25, 0.3) is 0 Å². The third kappa shape index (κ3) is 27.8. The molecule has 0 radical (unpaired) electrons. The van der Waals surface area contributed by atoms with Gasteiger partial charge in [-0.2, -0.15) is 13.2 Å². The number of halogens is 3. The van der Waals surface area contributed by atoms with Crippen molar-refractivity contribution in [3.8, 4) is 0 Å². The van der Waals surface area contributed by atoms with Crippen LogP contribution in [0.2, 0.25) is 0 Å². The van der Waals surface area contributed by atoms with Gasteiger partial charge in [-0.25, -0.2) is 4.57 Å². The van der Waals surface area contributed by atoms with Gasteiger partial charge in [0.15, 0.2) is 6.79 Å². The average molecular weight is 706 g/mol. The van der Waals surface area contributed by atoms with Crippen LogP contribution in [0.1, 0.15) is 21.1 Å². The monoisotopic (exact) mass is 705 g/mol. The van der Waals surface area contributed by atoms with E-state index in [1.807, 2.05) is 0 Å². The van der Waals surface area contributed by atoms with Crippen molar-refractivity contribution >= 4 is 55.4 Å². The minimum absolute atomic E-state index is 0.115. The van der Waals surface area contributed by atoms with Crippen molar-refractivity contribution in [2.24, 2.45) is 11.5 Å². The zero-order valence-corrected chi connectivity index (χ0v) is 26.1. The Labute approximate surface area is 253 Å². The Bertz CT molecular complexity index is 889. The van der Waals surface area contributed by atoms with Crippen LogP contribution >= 0.6 is 25.8 Å². The second kappa shape index (κ2) is 24.4. The number of carbonyl (C=O) groups is 3. The van der Waals surface area contributed by atoms with E-state index in [9.17, 15) is 37.0 Å². The quantitative estimate of drug-likeness (QED) is 0.0345. The molecule has 0 saturated heterocycles. The highest BCUT2D eigenvalue weighted by Gasteiger charge is 2.39. The van der Waals surface area contributed by atoms with Crippen molar-refractivity contribution in [2.75, 3.05) is 54.0 Å². The predicted molar refractivity (Wildman–Crippen MR) is 148 cm³/mol. The third-order valence-corrected chi connectivity index (χ3v) is 6.82. The van der Waals surface area contributed by atoms with Crippen molar-refractivity contribution in [1.29, 1.82) is 1.43 Å². The summed E-state index contributed by atoms with van der Waals surface area (Å²) in [6.45, 7) is -10.4. The second-order valence-corrected chi connectivity index (χ2v) is 13.1. The van der Waals surface area contributed by atoms with E-state index in [1.54, 1.807) is 0 Å². The lowest BCUT2D eigenvalue weighted by atomic mass is 10.3. The Morgan fingerprint density at radius 3 is 2.07 bits per heavy atom. The van der Waals surface area contributed by atoms with Gasteiger partial charge in [-0.3, -0.25) is 28.0 Å². The molecule has 24 heteroatoms. The molecule has 0 fully saturated rings. The molecule has 0 heterocycles. The molecule has 252 valence electrons. The van der Waals surface area contributed by atoms with E-state index in [1.165, 1.54) is 19.5 Å². The molecule has 0 aromatic rings. The Morgan fingerprint density at radius 1 is 1.10 bits per heavy atom. The van der Waals surface area contributed by atoms with Gasteiger partial charge in [0.05, 0.1) is 51.0 Å². The first kappa shape index (κ1) is 41.0. The molecule has 2 amide bonds. The number of nitrogens with one attached hydrogen (secondary N) is 2. The number of thiol groups is 1. The third-order valence-electron chi connectivity index (χ3n) is 3.68. The highest BCUT2D eigenvalue weighted by molar-refractivity contribution is 8.44. The lowest BCUT2D eigenvalue weighted by Gasteiger charge is -2.19. The van der Waals surface area contributed by atoms with Gasteiger partial charge in [0.1, 0.15) is 6.61 Å². The molecule has 17 nitrogen and oxygen atoms in total. The molecule has 0 aliphatic rings. The predicted octanol–water partition coefficient (Wildman–Crippen LogP) is -1.36. The van der Waals surface area contributed by atoms with E-state index in [-0.39, 0.29) is 45.2 Å². The number of amides is 2. The number of alkyl halides is 3. The maximum Gasteiger partial charge on any atom is 0.471 e. The molecular formula is C18H39F3N4O13P2S2. The standard InChI is InChI=1S/C10H15F3N2O4.C7H20N2O8P2S2.CH4O/c1-6(15-9(18)10(11,12)13)5-19-8(17)4-3-7(16)14-2;8-6(1-10)3-14-18(12,20)16-5-17-19(13,21)15-4-7(9)2-11;1-2/h6H,3-5H2,1-2H3,(H,14,16)(H,15,18);6-7,10-11H,1-5,8-9H2,(H,12,20)(H,13,21);2H,1H3/t6-;6-,7+,18?,19?;/m0../s1/i1D;;2T. The lowest BCUT2D eigenvalue weighted by molar-refractivity contribution is -0.174. The smallest absolute Gasteiger partial charge is 0.463 e. The number of rotatable bonds is 18. The van der Waals surface area contributed by atoms with E-state index in [0.717, 1.165) is 0 Å². The summed E-state index contributed by atoms with van der Waals surface area (Å²) < 4.78 is 83.7. The maximum atomic E-state index is 12.0. The molecule has 0 aliphatic heterocycles. The van der Waals surface area contributed by atoms with Gasteiger partial charge in [-0.15, -0.1) is 0 Å². The SMILES string of the molecule is N[C@H](CO)COP(=O)(S)OCOP(O)(=S)OC[C@@H](N)CO.[2H]C[C@@H](COC(=O)CCC(=O)NC)NC(=O)C(F)(F)F.[3H]OC. The van der Waals surface area contributed by atoms with Crippen LogP contribution in [0.15, 0.2) is 0 Å². The van der Waals surface area contributed by atoms with Crippen LogP contribution in [0.3, 0.4) is 0 Å². The summed E-state index contributed by atoms with van der Waals surface area (Å²) in [4.78, 5) is 42.2. The molecule has 42 heavy (non-hydrogen) atoms. The minimum atomic E-state index is -5.06. The van der Waals surface area contributed by atoms with Crippen LogP contribution in [0, 0.1) is 0 Å². The molecule has 0 saturated carbocycles. The lowest BCUT2D eigenvalue weighted by Crippen LogP contribution is -2.44. The van der Waals surface area contributed by atoms with Crippen molar-refractivity contribution in [3.63, 3.8) is 0 Å². The summed E-state index contributed by atoms with van der Waals surface area (Å²) in [6, 6.07) is -2.71. The van der Waals surface area contributed by atoms with Crippen LogP contribution in [-0.2, 0) is 53.6 Å². The topological polar surface area (TPSA) is 271 Å². The Kier molecular flexibility index (Phi) is 23.8. The maximum absolute atomic E-state index is 12.0. The number of aliphatic hydroxyl groups excluding tert-OH is 3. The zero-order valence-electron chi connectivity index (χ0n) is 24.6. The molecule has 0 aromatic carbocycles. The van der Waals surface area contributed by atoms with Crippen molar-refractivity contribution in [2.45, 2.75) is 44.0 Å². The second-order valence-electron chi connectivity index (χ2n) is 7.31. The van der Waals surface area contributed by atoms with Gasteiger partial charge in [-0.1, -0.05) is 12.2 Å². The van der Waals surface area contributed by atoms with E-state index >= 15 is 0 Å². The van der Waals surface area contributed by atoms with Crippen LogP contribution < -0.4 is 22.1 Å². The molecular weight excluding hydrogens is 663 g/mol. The molecule has 0 rings (SSSR count). The summed E-state index contributed by atoms with van der Waals surface area (Å²) in [5, 5.41) is 24.7. The number of aliphatic hydroxyl groups is 3. The largest absolute Gasteiger partial charge is 0.471 e. The first-order chi connectivity index (χ1) is 20.2. The zero-order chi connectivity index (χ0) is 35.0. The Hall–Kier alpha value is -0.970. The van der Waals surface area contributed by atoms with Gasteiger partial charge < -0.3 is 51.6 Å². The molecule has 0 bridgehead atoms. The number of hydrogen-bond acceptors (Lipinski definition) is 15. The highest BCUT2D eigenvalue weighted by Crippen LogP contribution is 2.54. The summed E-state index contributed by atoms with van der Waals surface area (Å²) >= 11 is 8.25. The number of esters is 1. The highest BCUT2D eigenvalue weighted by atomic mass is 32.7. The normalized spacial score (nSPS) is 16.6. The summed E-state index contributed by atoms with van der Waals surface area (Å²) in [5.41, 5.74) is 10.7. The van der Waals surface area contributed by atoms with Crippen LogP contribution in [0.5, 0.6) is 0 Å². The number of ether oxygens (including phenoxy) is 1. The number of nitrogens with two attached hydrogens (primary N) is 2. The van der Waals surface area contributed by atoms with Crippen LogP contribution in [0.4, 0.5) is 13.2 Å². The van der Waals surface area contributed by atoms with E-state index in [4.69, 9.17) is 38.1 Å². The van der Waals surface area contributed by atoms with Crippen LogP contribution in [-0.4, -0.2) is 118 Å². The molecule has 0 spiro atoms. The van der Waals surface area contributed by atoms with E-state index < -0.39 is 70.0 Å². The molecule has 0 aromatic heterocycles. The van der Waals surface area contributed by atoms with E-state index in [0.29, 0.717) is 0 Å². The summed E-state index contributed by atoms with van der Waals surface area (Å²) in [5.74, 6) is -3.38. The minimum Gasteiger partial charge on any atom is -0.463 e. The average Bonchev–Trinajstić information content (AvgIpc) is 2.95. The van der Waals surface area contributed by atoms with Gasteiger partial charge in [0.2, 0.25) is 7.34 Å². The number of carbonyl (C=O) groups excluding carboxylic acids is 3. The first-order valence-corrected chi connectivity index (χ1v) is 16.5. The first-order valence-electron chi connectivity index (χ1n) is 12.3. The van der Waals surface area contributed by atoms with Gasteiger partial charge in [-0.05, 0) is 18.7 Å².